The largest absolute Gasteiger partial charge is 0.372 e. The number of anilines is 1. The molecule has 1 aliphatic rings. The van der Waals surface area contributed by atoms with Crippen molar-refractivity contribution in [2.75, 3.05) is 25.0 Å². The van der Waals surface area contributed by atoms with Crippen molar-refractivity contribution in [2.45, 2.75) is 38.6 Å². The number of nitrogens with zero attached hydrogens (tertiary/aromatic N) is 4. The Morgan fingerprint density at radius 3 is 2.82 bits per heavy atom. The highest BCUT2D eigenvalue weighted by Gasteiger charge is 2.30. The second-order valence-electron chi connectivity index (χ2n) is 6.31. The first kappa shape index (κ1) is 15.2. The fraction of sp³-hybridized carbons (Fsp3) is 0.643. The van der Waals surface area contributed by atoms with Crippen LogP contribution in [0.5, 0.6) is 0 Å². The summed E-state index contributed by atoms with van der Waals surface area (Å²) in [5.41, 5.74) is -0.0503. The highest BCUT2D eigenvalue weighted by Crippen LogP contribution is 2.29. The van der Waals surface area contributed by atoms with E-state index in [2.05, 4.69) is 29.0 Å². The third kappa shape index (κ3) is 2.80. The molecule has 3 rings (SSSR count). The molecule has 2 aromatic rings. The van der Waals surface area contributed by atoms with Crippen LogP contribution in [0.4, 0.5) is 11.6 Å². The molecule has 0 atom stereocenters. The quantitative estimate of drug-likeness (QED) is 0.676. The Labute approximate surface area is 133 Å². The number of piperidine rings is 1. The molecule has 0 saturated carbocycles. The van der Waals surface area contributed by atoms with Gasteiger partial charge in [0.15, 0.2) is 0 Å². The summed E-state index contributed by atoms with van der Waals surface area (Å²) in [5.74, 6) is 0.382. The summed E-state index contributed by atoms with van der Waals surface area (Å²) < 4.78 is 1.53. The Hall–Kier alpha value is -1.67. The molecular weight excluding hydrogens is 302 g/mol. The molecule has 0 bridgehead atoms. The first-order chi connectivity index (χ1) is 10.5. The highest BCUT2D eigenvalue weighted by atomic mass is 32.1. The monoisotopic (exact) mass is 323 g/mol. The summed E-state index contributed by atoms with van der Waals surface area (Å²) in [6.07, 6.45) is 5.43. The maximum absolute atomic E-state index is 11.3. The molecule has 1 N–H and O–H groups in total. The van der Waals surface area contributed by atoms with Gasteiger partial charge in [0.1, 0.15) is 6.20 Å². The number of nitrogens with one attached hydrogen (secondary N) is 1. The zero-order valence-corrected chi connectivity index (χ0v) is 13.7. The second-order valence-corrected chi connectivity index (χ2v) is 7.18. The van der Waals surface area contributed by atoms with Gasteiger partial charge in [0, 0.05) is 17.5 Å². The molecule has 2 aromatic heterocycles. The number of nitro groups is 1. The number of hydrogen-bond donors (Lipinski definition) is 1. The molecule has 0 aromatic carbocycles. The van der Waals surface area contributed by atoms with Gasteiger partial charge >= 0.3 is 5.82 Å². The maximum Gasteiger partial charge on any atom is 0.372 e. The maximum atomic E-state index is 11.3. The van der Waals surface area contributed by atoms with Crippen molar-refractivity contribution < 1.29 is 4.92 Å². The fourth-order valence-corrected chi connectivity index (χ4v) is 3.69. The van der Waals surface area contributed by atoms with Crippen LogP contribution in [-0.2, 0) is 0 Å². The van der Waals surface area contributed by atoms with Gasteiger partial charge in [-0.05, 0) is 44.7 Å². The van der Waals surface area contributed by atoms with Gasteiger partial charge in [0.25, 0.3) is 4.96 Å². The molecule has 3 heterocycles. The normalized spacial score (nSPS) is 17.0. The standard InChI is InChI=1S/C14H21N5O2S/c1-14(2,17-6-4-3-5-7-17)10-15-11-12(19(20)21)18-8-9-22-13(18)16-11/h8-9,15H,3-7,10H2,1-2H3. The molecule has 0 aliphatic carbocycles. The predicted molar refractivity (Wildman–Crippen MR) is 87.7 cm³/mol. The Balaban J connectivity index is 1.76. The number of aromatic nitrogens is 2. The number of fused-ring (bicyclic) bond motifs is 1. The van der Waals surface area contributed by atoms with Crippen LogP contribution >= 0.6 is 11.3 Å². The topological polar surface area (TPSA) is 75.7 Å². The van der Waals surface area contributed by atoms with Gasteiger partial charge in [-0.3, -0.25) is 4.90 Å². The van der Waals surface area contributed by atoms with Crippen molar-refractivity contribution in [1.82, 2.24) is 14.3 Å². The summed E-state index contributed by atoms with van der Waals surface area (Å²) in [7, 11) is 0. The zero-order valence-electron chi connectivity index (χ0n) is 12.9. The summed E-state index contributed by atoms with van der Waals surface area (Å²) in [4.78, 5) is 18.4. The van der Waals surface area contributed by atoms with Crippen molar-refractivity contribution in [3.63, 3.8) is 0 Å². The first-order valence-corrected chi connectivity index (χ1v) is 8.46. The lowest BCUT2D eigenvalue weighted by Gasteiger charge is -2.41. The number of likely N-dealkylation sites (tertiary alicyclic amines) is 1. The average Bonchev–Trinajstić information content (AvgIpc) is 3.05. The molecule has 1 aliphatic heterocycles. The highest BCUT2D eigenvalue weighted by molar-refractivity contribution is 7.15. The van der Waals surface area contributed by atoms with E-state index in [4.69, 9.17) is 0 Å². The SMILES string of the molecule is CC(C)(CNc1nc2sccn2c1[N+](=O)[O-])N1CCCCC1. The van der Waals surface area contributed by atoms with Crippen molar-refractivity contribution in [1.29, 1.82) is 0 Å². The van der Waals surface area contributed by atoms with Crippen LogP contribution in [0, 0.1) is 10.1 Å². The molecule has 1 fully saturated rings. The average molecular weight is 323 g/mol. The second kappa shape index (κ2) is 5.85. The van der Waals surface area contributed by atoms with Gasteiger partial charge in [0.2, 0.25) is 5.82 Å². The lowest BCUT2D eigenvalue weighted by Crippen LogP contribution is -2.50. The van der Waals surface area contributed by atoms with E-state index >= 15 is 0 Å². The fourth-order valence-electron chi connectivity index (χ4n) is 2.98. The van der Waals surface area contributed by atoms with E-state index in [9.17, 15) is 10.1 Å². The number of hydrogen-bond acceptors (Lipinski definition) is 6. The molecule has 120 valence electrons. The summed E-state index contributed by atoms with van der Waals surface area (Å²) in [6.45, 7) is 7.17. The summed E-state index contributed by atoms with van der Waals surface area (Å²) >= 11 is 1.40. The third-order valence-corrected chi connectivity index (χ3v) is 5.07. The van der Waals surface area contributed by atoms with Gasteiger partial charge in [-0.25, -0.2) is 0 Å². The van der Waals surface area contributed by atoms with Gasteiger partial charge in [-0.2, -0.15) is 9.38 Å². The summed E-state index contributed by atoms with van der Waals surface area (Å²) in [6, 6.07) is 0. The molecule has 0 unspecified atom stereocenters. The van der Waals surface area contributed by atoms with Crippen molar-refractivity contribution in [3.8, 4) is 0 Å². The number of thiazole rings is 1. The van der Waals surface area contributed by atoms with E-state index in [1.807, 2.05) is 0 Å². The van der Waals surface area contributed by atoms with Crippen LogP contribution in [0.15, 0.2) is 11.6 Å². The molecule has 0 amide bonds. The van der Waals surface area contributed by atoms with E-state index in [0.29, 0.717) is 17.3 Å². The summed E-state index contributed by atoms with van der Waals surface area (Å²) in [5, 5.41) is 16.3. The van der Waals surface area contributed by atoms with E-state index in [1.165, 1.54) is 35.0 Å². The van der Waals surface area contributed by atoms with Gasteiger partial charge < -0.3 is 15.4 Å². The van der Waals surface area contributed by atoms with Gasteiger partial charge in [0.05, 0.1) is 0 Å². The lowest BCUT2D eigenvalue weighted by atomic mass is 9.98. The van der Waals surface area contributed by atoms with Crippen LogP contribution < -0.4 is 5.32 Å². The smallest absolute Gasteiger partial charge is 0.361 e. The van der Waals surface area contributed by atoms with Crippen LogP contribution in [0.2, 0.25) is 0 Å². The minimum atomic E-state index is -0.372. The van der Waals surface area contributed by atoms with Crippen molar-refractivity contribution >= 4 is 27.9 Å². The van der Waals surface area contributed by atoms with E-state index in [-0.39, 0.29) is 16.3 Å². The molecule has 0 radical (unpaired) electrons. The molecule has 0 spiro atoms. The Morgan fingerprint density at radius 1 is 1.41 bits per heavy atom. The predicted octanol–water partition coefficient (Wildman–Crippen LogP) is 2.98. The van der Waals surface area contributed by atoms with E-state index in [0.717, 1.165) is 13.1 Å². The lowest BCUT2D eigenvalue weighted by molar-refractivity contribution is -0.389. The van der Waals surface area contributed by atoms with E-state index < -0.39 is 0 Å². The van der Waals surface area contributed by atoms with Crippen LogP contribution in [0.3, 0.4) is 0 Å². The number of rotatable bonds is 5. The van der Waals surface area contributed by atoms with Gasteiger partial charge in [-0.1, -0.05) is 17.8 Å². The molecule has 22 heavy (non-hydrogen) atoms. The third-order valence-electron chi connectivity index (χ3n) is 4.31. The Bertz CT molecular complexity index is 672. The van der Waals surface area contributed by atoms with Gasteiger partial charge in [-0.15, -0.1) is 0 Å². The van der Waals surface area contributed by atoms with Crippen molar-refractivity contribution in [3.05, 3.63) is 21.7 Å². The Kier molecular flexibility index (Phi) is 4.05. The van der Waals surface area contributed by atoms with Crippen LogP contribution in [0.1, 0.15) is 33.1 Å². The zero-order chi connectivity index (χ0) is 15.7. The van der Waals surface area contributed by atoms with Crippen molar-refractivity contribution in [2.24, 2.45) is 0 Å². The molecule has 7 nitrogen and oxygen atoms in total. The molecule has 1 saturated heterocycles. The minimum absolute atomic E-state index is 0.0192. The van der Waals surface area contributed by atoms with Crippen LogP contribution in [0.25, 0.3) is 4.96 Å². The minimum Gasteiger partial charge on any atom is -0.361 e. The number of imidazole rings is 1. The Morgan fingerprint density at radius 2 is 2.14 bits per heavy atom. The van der Waals surface area contributed by atoms with Crippen LogP contribution in [-0.4, -0.2) is 44.4 Å². The first-order valence-electron chi connectivity index (χ1n) is 7.58. The molecular formula is C14H21N5O2S. The molecule has 8 heteroatoms. The van der Waals surface area contributed by atoms with E-state index in [1.54, 1.807) is 11.6 Å².